The third-order valence-electron chi connectivity index (χ3n) is 5.50. The summed E-state index contributed by atoms with van der Waals surface area (Å²) < 4.78 is 56.1. The van der Waals surface area contributed by atoms with Crippen LogP contribution in [0, 0.1) is 13.8 Å². The van der Waals surface area contributed by atoms with Gasteiger partial charge in [-0.05, 0) is 44.5 Å². The van der Waals surface area contributed by atoms with Crippen LogP contribution in [0.4, 0.5) is 0 Å². The van der Waals surface area contributed by atoms with E-state index in [-0.39, 0.29) is 41.1 Å². The van der Waals surface area contributed by atoms with Gasteiger partial charge in [0.05, 0.1) is 15.8 Å². The first-order valence-corrected chi connectivity index (χ1v) is 13.8. The number of benzene rings is 2. The summed E-state index contributed by atoms with van der Waals surface area (Å²) in [6, 6.07) is 11.9. The second-order valence-corrected chi connectivity index (χ2v) is 12.1. The molecule has 0 bridgehead atoms. The molecule has 1 aliphatic rings. The Labute approximate surface area is 194 Å². The van der Waals surface area contributed by atoms with Gasteiger partial charge in [0.1, 0.15) is 0 Å². The SMILES string of the molecule is Cc1ccc(S(=O)(=O)N2CC[C@H](CCl)N(S(=O)(=O)c3ccc(C)cc3)C[C@@H]2CCl)cc1. The van der Waals surface area contributed by atoms with Crippen molar-refractivity contribution in [1.29, 1.82) is 0 Å². The monoisotopic (exact) mass is 504 g/mol. The fourth-order valence-electron chi connectivity index (χ4n) is 3.63. The Hall–Kier alpha value is -1.16. The first kappa shape index (κ1) is 24.5. The first-order valence-electron chi connectivity index (χ1n) is 9.90. The minimum atomic E-state index is -3.88. The number of hydrogen-bond acceptors (Lipinski definition) is 4. The molecule has 0 N–H and O–H groups in total. The predicted octanol–water partition coefficient (Wildman–Crippen LogP) is 3.60. The minimum absolute atomic E-state index is 0.0417. The number of rotatable bonds is 6. The summed E-state index contributed by atoms with van der Waals surface area (Å²) in [4.78, 5) is 0.307. The number of halogens is 2. The lowest BCUT2D eigenvalue weighted by molar-refractivity contribution is 0.311. The zero-order valence-electron chi connectivity index (χ0n) is 17.4. The van der Waals surface area contributed by atoms with Crippen molar-refractivity contribution in [2.24, 2.45) is 0 Å². The lowest BCUT2D eigenvalue weighted by Gasteiger charge is -2.31. The molecule has 6 nitrogen and oxygen atoms in total. The van der Waals surface area contributed by atoms with Gasteiger partial charge in [0, 0.05) is 30.9 Å². The van der Waals surface area contributed by atoms with Crippen molar-refractivity contribution in [3.63, 3.8) is 0 Å². The van der Waals surface area contributed by atoms with Crippen LogP contribution in [0.5, 0.6) is 0 Å². The molecule has 1 saturated heterocycles. The summed E-state index contributed by atoms with van der Waals surface area (Å²) in [6.45, 7) is 3.82. The largest absolute Gasteiger partial charge is 0.243 e. The van der Waals surface area contributed by atoms with Crippen molar-refractivity contribution in [3.05, 3.63) is 59.7 Å². The van der Waals surface area contributed by atoms with Crippen molar-refractivity contribution in [2.75, 3.05) is 24.8 Å². The Morgan fingerprint density at radius 3 is 1.58 bits per heavy atom. The van der Waals surface area contributed by atoms with E-state index in [1.54, 1.807) is 48.5 Å². The fraction of sp³-hybridized carbons (Fsp3) is 0.429. The Morgan fingerprint density at radius 2 is 1.16 bits per heavy atom. The Bertz CT molecular complexity index is 1110. The van der Waals surface area contributed by atoms with Crippen molar-refractivity contribution in [2.45, 2.75) is 42.1 Å². The van der Waals surface area contributed by atoms with E-state index in [2.05, 4.69) is 0 Å². The highest BCUT2D eigenvalue weighted by molar-refractivity contribution is 7.89. The Morgan fingerprint density at radius 1 is 0.742 bits per heavy atom. The molecular formula is C21H26Cl2N2O4S2. The topological polar surface area (TPSA) is 74.8 Å². The van der Waals surface area contributed by atoms with Gasteiger partial charge >= 0.3 is 0 Å². The van der Waals surface area contributed by atoms with E-state index in [1.165, 1.54) is 8.61 Å². The van der Waals surface area contributed by atoms with Crippen molar-refractivity contribution >= 4 is 43.2 Å². The van der Waals surface area contributed by atoms with Gasteiger partial charge in [-0.1, -0.05) is 35.4 Å². The number of sulfonamides is 2. The molecule has 0 unspecified atom stereocenters. The molecule has 170 valence electrons. The van der Waals surface area contributed by atoms with Crippen LogP contribution in [0.3, 0.4) is 0 Å². The Balaban J connectivity index is 1.99. The van der Waals surface area contributed by atoms with Crippen LogP contribution in [0.1, 0.15) is 17.5 Å². The van der Waals surface area contributed by atoms with Crippen molar-refractivity contribution in [3.8, 4) is 0 Å². The number of alkyl halides is 2. The van der Waals surface area contributed by atoms with E-state index in [1.807, 2.05) is 13.8 Å². The molecule has 0 saturated carbocycles. The normalized spacial score (nSPS) is 21.7. The molecule has 1 heterocycles. The van der Waals surface area contributed by atoms with Crippen LogP contribution < -0.4 is 0 Å². The van der Waals surface area contributed by atoms with Gasteiger partial charge in [-0.2, -0.15) is 8.61 Å². The maximum absolute atomic E-state index is 13.4. The molecule has 0 amide bonds. The van der Waals surface area contributed by atoms with Crippen molar-refractivity contribution < 1.29 is 16.8 Å². The number of aryl methyl sites for hydroxylation is 2. The zero-order valence-corrected chi connectivity index (χ0v) is 20.6. The van der Waals surface area contributed by atoms with Crippen LogP contribution >= 0.6 is 23.2 Å². The molecular weight excluding hydrogens is 479 g/mol. The molecule has 0 radical (unpaired) electrons. The average Bonchev–Trinajstić information content (AvgIpc) is 2.94. The summed E-state index contributed by atoms with van der Waals surface area (Å²) in [5.74, 6) is 0.0124. The molecule has 2 aromatic rings. The third-order valence-corrected chi connectivity index (χ3v) is 10.1. The maximum atomic E-state index is 13.4. The fourth-order valence-corrected chi connectivity index (χ4v) is 7.70. The predicted molar refractivity (Wildman–Crippen MR) is 124 cm³/mol. The van der Waals surface area contributed by atoms with E-state index in [9.17, 15) is 16.8 Å². The van der Waals surface area contributed by atoms with Gasteiger partial charge in [0.15, 0.2) is 0 Å². The summed E-state index contributed by atoms with van der Waals surface area (Å²) in [5.41, 5.74) is 1.89. The summed E-state index contributed by atoms with van der Waals surface area (Å²) in [5, 5.41) is 0. The van der Waals surface area contributed by atoms with Gasteiger partial charge < -0.3 is 0 Å². The van der Waals surface area contributed by atoms with Gasteiger partial charge in [-0.15, -0.1) is 23.2 Å². The second-order valence-electron chi connectivity index (χ2n) is 7.72. The van der Waals surface area contributed by atoms with Gasteiger partial charge in [-0.3, -0.25) is 0 Å². The molecule has 0 spiro atoms. The molecule has 2 atom stereocenters. The van der Waals surface area contributed by atoms with Gasteiger partial charge in [-0.25, -0.2) is 16.8 Å². The molecule has 31 heavy (non-hydrogen) atoms. The van der Waals surface area contributed by atoms with Crippen LogP contribution in [0.25, 0.3) is 0 Å². The highest BCUT2D eigenvalue weighted by atomic mass is 35.5. The Kier molecular flexibility index (Phi) is 7.71. The second kappa shape index (κ2) is 9.77. The highest BCUT2D eigenvalue weighted by Gasteiger charge is 2.41. The van der Waals surface area contributed by atoms with Gasteiger partial charge in [0.25, 0.3) is 0 Å². The molecule has 0 aromatic heterocycles. The zero-order chi connectivity index (χ0) is 22.8. The van der Waals surface area contributed by atoms with Crippen LogP contribution in [-0.2, 0) is 20.0 Å². The van der Waals surface area contributed by atoms with E-state index in [0.717, 1.165) is 11.1 Å². The van der Waals surface area contributed by atoms with E-state index in [0.29, 0.717) is 0 Å². The summed E-state index contributed by atoms with van der Waals surface area (Å²) >= 11 is 12.3. The number of nitrogens with zero attached hydrogens (tertiary/aromatic N) is 2. The van der Waals surface area contributed by atoms with Crippen LogP contribution in [-0.4, -0.2) is 62.4 Å². The smallest absolute Gasteiger partial charge is 0.207 e. The highest BCUT2D eigenvalue weighted by Crippen LogP contribution is 2.29. The molecule has 2 aromatic carbocycles. The summed E-state index contributed by atoms with van der Waals surface area (Å²) in [6.07, 6.45) is 0.271. The lowest BCUT2D eigenvalue weighted by atomic mass is 10.2. The van der Waals surface area contributed by atoms with E-state index < -0.39 is 32.1 Å². The first-order chi connectivity index (χ1) is 14.6. The molecule has 1 fully saturated rings. The minimum Gasteiger partial charge on any atom is -0.207 e. The average molecular weight is 505 g/mol. The van der Waals surface area contributed by atoms with E-state index >= 15 is 0 Å². The van der Waals surface area contributed by atoms with E-state index in [4.69, 9.17) is 23.2 Å². The van der Waals surface area contributed by atoms with Crippen molar-refractivity contribution in [1.82, 2.24) is 8.61 Å². The number of hydrogen-bond donors (Lipinski definition) is 0. The van der Waals surface area contributed by atoms with Gasteiger partial charge in [0.2, 0.25) is 20.0 Å². The quantitative estimate of drug-likeness (QED) is 0.563. The van der Waals surface area contributed by atoms with Crippen LogP contribution in [0.2, 0.25) is 0 Å². The molecule has 10 heteroatoms. The molecule has 1 aliphatic heterocycles. The lowest BCUT2D eigenvalue weighted by Crippen LogP contribution is -2.48. The standard InChI is InChI=1S/C21H26Cl2N2O4S2/c1-16-3-7-20(8-4-16)30(26,27)24-12-11-18(13-22)25(15-19(24)14-23)31(28,29)21-9-5-17(2)6-10-21/h3-10,18-19H,11-15H2,1-2H3/t18-,19+/m1/s1. The maximum Gasteiger partial charge on any atom is 0.243 e. The molecule has 3 rings (SSSR count). The van der Waals surface area contributed by atoms with Crippen LogP contribution in [0.15, 0.2) is 58.3 Å². The summed E-state index contributed by atoms with van der Waals surface area (Å²) in [7, 11) is -7.73. The third kappa shape index (κ3) is 5.10. The molecule has 0 aliphatic carbocycles.